The van der Waals surface area contributed by atoms with Crippen LogP contribution in [0.1, 0.15) is 82.2 Å². The normalized spacial score (nSPS) is 16.4. The Bertz CT molecular complexity index is 916. The molecule has 0 amide bonds. The van der Waals surface area contributed by atoms with E-state index >= 15 is 0 Å². The Hall–Kier alpha value is -2.78. The van der Waals surface area contributed by atoms with E-state index in [1.54, 1.807) is 4.90 Å². The second-order valence-corrected chi connectivity index (χ2v) is 8.37. The predicted molar refractivity (Wildman–Crippen MR) is 119 cm³/mol. The van der Waals surface area contributed by atoms with Gasteiger partial charge in [0.25, 0.3) is 0 Å². The van der Waals surface area contributed by atoms with Gasteiger partial charge in [0.15, 0.2) is 5.96 Å². The summed E-state index contributed by atoms with van der Waals surface area (Å²) in [5.41, 5.74) is 4.92. The second kappa shape index (κ2) is 11.4. The minimum Gasteiger partial charge on any atom is -0.493 e. The molecule has 1 aliphatic heterocycles. The molecule has 1 aliphatic rings. The number of benzene rings is 1. The second-order valence-electron chi connectivity index (χ2n) is 8.37. The number of hydrogen-bond acceptors (Lipinski definition) is 5. The zero-order valence-corrected chi connectivity index (χ0v) is 19.0. The molecule has 2 aromatic rings. The van der Waals surface area contributed by atoms with Crippen LogP contribution in [-0.2, 0) is 6.18 Å². The van der Waals surface area contributed by atoms with E-state index in [0.717, 1.165) is 31.7 Å². The molecule has 0 radical (unpaired) electrons. The van der Waals surface area contributed by atoms with Gasteiger partial charge in [-0.3, -0.25) is 5.41 Å². The van der Waals surface area contributed by atoms with E-state index in [1.165, 1.54) is 31.4 Å². The molecule has 1 saturated heterocycles. The Labute approximate surface area is 192 Å². The molecule has 1 atom stereocenters. The standard InChI is InChI=1S/C23H32F3N5O2/c1-2-3-4-5-6-7-8-14-32-19-12-11-16(15-17(19)23(24,25)26)20-29-21(33-30-20)18-10-9-13-31(18)22(27)28/h11-12,15,18H,2-10,13-14H2,1H3,(H3,27,28). The molecule has 3 rings (SSSR count). The van der Waals surface area contributed by atoms with E-state index in [4.69, 9.17) is 20.4 Å². The van der Waals surface area contributed by atoms with Gasteiger partial charge in [0.05, 0.1) is 12.2 Å². The summed E-state index contributed by atoms with van der Waals surface area (Å²) >= 11 is 0. The van der Waals surface area contributed by atoms with Gasteiger partial charge in [0, 0.05) is 12.1 Å². The number of alkyl halides is 3. The highest BCUT2D eigenvalue weighted by Gasteiger charge is 2.36. The smallest absolute Gasteiger partial charge is 0.419 e. The van der Waals surface area contributed by atoms with E-state index in [2.05, 4.69) is 17.1 Å². The number of halogens is 3. The third-order valence-corrected chi connectivity index (χ3v) is 5.84. The molecule has 1 aromatic heterocycles. The maximum atomic E-state index is 13.7. The van der Waals surface area contributed by atoms with Gasteiger partial charge in [0.2, 0.25) is 11.7 Å². The first-order valence-electron chi connectivity index (χ1n) is 11.6. The summed E-state index contributed by atoms with van der Waals surface area (Å²) in [6, 6.07) is 3.47. The number of guanidine groups is 1. The van der Waals surface area contributed by atoms with E-state index in [-0.39, 0.29) is 41.6 Å². The van der Waals surface area contributed by atoms with Gasteiger partial charge in [-0.05, 0) is 37.5 Å². The minimum absolute atomic E-state index is 0.0598. The number of likely N-dealkylation sites (tertiary alicyclic amines) is 1. The molecular formula is C23H32F3N5O2. The van der Waals surface area contributed by atoms with Crippen LogP contribution in [0.15, 0.2) is 22.7 Å². The van der Waals surface area contributed by atoms with Crippen molar-refractivity contribution >= 4 is 5.96 Å². The highest BCUT2D eigenvalue weighted by atomic mass is 19.4. The number of hydrogen-bond donors (Lipinski definition) is 2. The fourth-order valence-electron chi connectivity index (χ4n) is 4.06. The molecule has 0 saturated carbocycles. The minimum atomic E-state index is -4.57. The lowest BCUT2D eigenvalue weighted by Gasteiger charge is -2.21. The number of rotatable bonds is 11. The van der Waals surface area contributed by atoms with Crippen LogP contribution in [0.4, 0.5) is 13.2 Å². The maximum Gasteiger partial charge on any atom is 0.419 e. The molecule has 0 bridgehead atoms. The van der Waals surface area contributed by atoms with Gasteiger partial charge in [-0.1, -0.05) is 50.6 Å². The summed E-state index contributed by atoms with van der Waals surface area (Å²) < 4.78 is 51.9. The van der Waals surface area contributed by atoms with Crippen LogP contribution in [0, 0.1) is 5.41 Å². The first kappa shape index (κ1) is 24.9. The fourth-order valence-corrected chi connectivity index (χ4v) is 4.06. The van der Waals surface area contributed by atoms with Crippen LogP contribution in [-0.4, -0.2) is 34.2 Å². The van der Waals surface area contributed by atoms with Crippen LogP contribution < -0.4 is 10.5 Å². The van der Waals surface area contributed by atoms with Crippen LogP contribution >= 0.6 is 0 Å². The number of ether oxygens (including phenoxy) is 1. The molecule has 33 heavy (non-hydrogen) atoms. The largest absolute Gasteiger partial charge is 0.493 e. The van der Waals surface area contributed by atoms with Crippen LogP contribution in [0.5, 0.6) is 5.75 Å². The van der Waals surface area contributed by atoms with Crippen LogP contribution in [0.2, 0.25) is 0 Å². The third-order valence-electron chi connectivity index (χ3n) is 5.84. The average molecular weight is 468 g/mol. The average Bonchev–Trinajstić information content (AvgIpc) is 3.44. The lowest BCUT2D eigenvalue weighted by molar-refractivity contribution is -0.138. The van der Waals surface area contributed by atoms with Crippen molar-refractivity contribution in [3.05, 3.63) is 29.7 Å². The van der Waals surface area contributed by atoms with Gasteiger partial charge < -0.3 is 19.9 Å². The molecule has 10 heteroatoms. The highest BCUT2D eigenvalue weighted by Crippen LogP contribution is 2.39. The zero-order chi connectivity index (χ0) is 23.8. The molecular weight excluding hydrogens is 435 g/mol. The first-order valence-corrected chi connectivity index (χ1v) is 11.6. The van der Waals surface area contributed by atoms with E-state index in [0.29, 0.717) is 19.4 Å². The Balaban J connectivity index is 1.66. The number of nitrogens with one attached hydrogen (secondary N) is 1. The number of nitrogens with two attached hydrogens (primary N) is 1. The molecule has 1 aromatic carbocycles. The van der Waals surface area contributed by atoms with Crippen molar-refractivity contribution in [2.75, 3.05) is 13.2 Å². The summed E-state index contributed by atoms with van der Waals surface area (Å²) in [5, 5.41) is 11.5. The fraction of sp³-hybridized carbons (Fsp3) is 0.609. The van der Waals surface area contributed by atoms with E-state index in [1.807, 2.05) is 0 Å². The molecule has 1 fully saturated rings. The summed E-state index contributed by atoms with van der Waals surface area (Å²) in [5.74, 6) is 0.00798. The summed E-state index contributed by atoms with van der Waals surface area (Å²) in [4.78, 5) is 5.92. The van der Waals surface area contributed by atoms with Crippen molar-refractivity contribution < 1.29 is 22.4 Å². The van der Waals surface area contributed by atoms with Crippen LogP contribution in [0.3, 0.4) is 0 Å². The molecule has 2 heterocycles. The quantitative estimate of drug-likeness (QED) is 0.242. The van der Waals surface area contributed by atoms with Crippen molar-refractivity contribution in [1.29, 1.82) is 5.41 Å². The Morgan fingerprint density at radius 2 is 1.94 bits per heavy atom. The predicted octanol–water partition coefficient (Wildman–Crippen LogP) is 5.92. The van der Waals surface area contributed by atoms with Gasteiger partial charge in [-0.25, -0.2) is 0 Å². The molecule has 3 N–H and O–H groups in total. The van der Waals surface area contributed by atoms with Gasteiger partial charge in [-0.2, -0.15) is 18.2 Å². The Morgan fingerprint density at radius 1 is 1.21 bits per heavy atom. The number of nitrogens with zero attached hydrogens (tertiary/aromatic N) is 3. The molecule has 1 unspecified atom stereocenters. The Morgan fingerprint density at radius 3 is 2.64 bits per heavy atom. The first-order chi connectivity index (χ1) is 15.8. The van der Waals surface area contributed by atoms with Crippen molar-refractivity contribution in [3.63, 3.8) is 0 Å². The summed E-state index contributed by atoms with van der Waals surface area (Å²) in [6.07, 6.45) is 4.38. The zero-order valence-electron chi connectivity index (χ0n) is 19.0. The lowest BCUT2D eigenvalue weighted by atomic mass is 10.1. The van der Waals surface area contributed by atoms with Gasteiger partial charge in [0.1, 0.15) is 11.8 Å². The number of unbranched alkanes of at least 4 members (excludes halogenated alkanes) is 6. The van der Waals surface area contributed by atoms with Crippen molar-refractivity contribution in [1.82, 2.24) is 15.0 Å². The summed E-state index contributed by atoms with van der Waals surface area (Å²) in [7, 11) is 0. The third kappa shape index (κ3) is 6.61. The maximum absolute atomic E-state index is 13.7. The Kier molecular flexibility index (Phi) is 8.57. The van der Waals surface area contributed by atoms with E-state index in [9.17, 15) is 13.2 Å². The van der Waals surface area contributed by atoms with Gasteiger partial charge in [-0.15, -0.1) is 0 Å². The number of aromatic nitrogens is 2. The molecule has 182 valence electrons. The molecule has 0 aliphatic carbocycles. The van der Waals surface area contributed by atoms with Crippen molar-refractivity contribution in [2.24, 2.45) is 5.73 Å². The monoisotopic (exact) mass is 467 g/mol. The topological polar surface area (TPSA) is 101 Å². The molecule has 0 spiro atoms. The van der Waals surface area contributed by atoms with Gasteiger partial charge >= 0.3 is 6.18 Å². The van der Waals surface area contributed by atoms with Crippen LogP contribution in [0.25, 0.3) is 11.4 Å². The lowest BCUT2D eigenvalue weighted by Crippen LogP contribution is -2.35. The SMILES string of the molecule is CCCCCCCCCOc1ccc(-c2noc(C3CCCN3C(=N)N)n2)cc1C(F)(F)F. The van der Waals surface area contributed by atoms with Crippen molar-refractivity contribution in [2.45, 2.75) is 76.9 Å². The van der Waals surface area contributed by atoms with E-state index < -0.39 is 11.7 Å². The molecule has 7 nitrogen and oxygen atoms in total. The van der Waals surface area contributed by atoms with Crippen molar-refractivity contribution in [3.8, 4) is 17.1 Å². The highest BCUT2D eigenvalue weighted by molar-refractivity contribution is 5.75. The summed E-state index contributed by atoms with van der Waals surface area (Å²) in [6.45, 7) is 3.00.